The molecule has 10 heavy (non-hydrogen) atoms. The average Bonchev–Trinajstić information content (AvgIpc) is 1.88. The van der Waals surface area contributed by atoms with E-state index in [4.69, 9.17) is 5.11 Å². The van der Waals surface area contributed by atoms with E-state index in [0.29, 0.717) is 4.71 Å². The first-order valence-corrected chi connectivity index (χ1v) is 5.10. The standard InChI is InChI=1S/C7H13AsO2/c8-6-4-2-1-3-5(6)7(9)10/h5-6H,1-4,8H2,(H,9,10)/t5-,6+/m1/s1. The Labute approximate surface area is 69.5 Å². The van der Waals surface area contributed by atoms with Gasteiger partial charge in [0.1, 0.15) is 0 Å². The van der Waals surface area contributed by atoms with Crippen LogP contribution in [0.2, 0.25) is 4.71 Å². The third-order valence-corrected chi connectivity index (χ3v) is 3.81. The Morgan fingerprint density at radius 2 is 2.00 bits per heavy atom. The normalized spacial score (nSPS) is 33.7. The molecule has 0 aliphatic heterocycles. The second kappa shape index (κ2) is 3.43. The number of hydrogen-bond acceptors (Lipinski definition) is 1. The van der Waals surface area contributed by atoms with Crippen molar-refractivity contribution >= 4 is 22.8 Å². The maximum atomic E-state index is 10.6. The van der Waals surface area contributed by atoms with Crippen LogP contribution in [0, 0.1) is 5.92 Å². The molecular weight excluding hydrogens is 191 g/mol. The van der Waals surface area contributed by atoms with E-state index in [1.165, 1.54) is 6.42 Å². The van der Waals surface area contributed by atoms with Crippen molar-refractivity contribution in [1.82, 2.24) is 0 Å². The van der Waals surface area contributed by atoms with Gasteiger partial charge in [-0.3, -0.25) is 0 Å². The fraction of sp³-hybridized carbons (Fsp3) is 0.857. The van der Waals surface area contributed by atoms with Crippen LogP contribution < -0.4 is 0 Å². The number of carbonyl (C=O) groups is 1. The molecule has 1 aliphatic carbocycles. The number of rotatable bonds is 1. The SMILES string of the molecule is O=C(O)[C@@H]1CCCC[C@@H]1[AsH2]. The summed E-state index contributed by atoms with van der Waals surface area (Å²) in [4.78, 5) is 10.6. The molecule has 0 amide bonds. The molecule has 1 unspecified atom stereocenters. The molecule has 0 aromatic rings. The molecule has 0 aromatic carbocycles. The van der Waals surface area contributed by atoms with E-state index in [1.54, 1.807) is 16.9 Å². The first-order valence-electron chi connectivity index (χ1n) is 3.70. The second-order valence-electron chi connectivity index (χ2n) is 2.89. The van der Waals surface area contributed by atoms with Crippen LogP contribution >= 0.6 is 0 Å². The van der Waals surface area contributed by atoms with Crippen LogP contribution in [0.3, 0.4) is 0 Å². The van der Waals surface area contributed by atoms with Crippen molar-refractivity contribution in [2.24, 2.45) is 5.92 Å². The van der Waals surface area contributed by atoms with Crippen LogP contribution in [0.1, 0.15) is 25.7 Å². The van der Waals surface area contributed by atoms with E-state index in [-0.39, 0.29) is 5.92 Å². The summed E-state index contributed by atoms with van der Waals surface area (Å²) >= 11 is 1.59. The summed E-state index contributed by atoms with van der Waals surface area (Å²) in [7, 11) is 0. The zero-order valence-corrected chi connectivity index (χ0v) is 8.34. The third kappa shape index (κ3) is 1.76. The third-order valence-electron chi connectivity index (χ3n) is 2.14. The van der Waals surface area contributed by atoms with Crippen molar-refractivity contribution in [1.29, 1.82) is 0 Å². The average molecular weight is 204 g/mol. The van der Waals surface area contributed by atoms with Crippen LogP contribution in [-0.2, 0) is 4.79 Å². The van der Waals surface area contributed by atoms with Gasteiger partial charge in [0.05, 0.1) is 0 Å². The molecule has 1 saturated carbocycles. The van der Waals surface area contributed by atoms with Crippen LogP contribution in [0.15, 0.2) is 0 Å². The monoisotopic (exact) mass is 204 g/mol. The minimum atomic E-state index is -0.589. The molecule has 0 spiro atoms. The Kier molecular flexibility index (Phi) is 2.79. The van der Waals surface area contributed by atoms with Crippen molar-refractivity contribution in [3.63, 3.8) is 0 Å². The predicted octanol–water partition coefficient (Wildman–Crippen LogP) is 0.683. The zero-order valence-electron chi connectivity index (χ0n) is 5.92. The van der Waals surface area contributed by atoms with Gasteiger partial charge in [-0.15, -0.1) is 0 Å². The van der Waals surface area contributed by atoms with Gasteiger partial charge in [0.2, 0.25) is 0 Å². The molecule has 1 fully saturated rings. The van der Waals surface area contributed by atoms with Gasteiger partial charge in [0.15, 0.2) is 0 Å². The molecule has 3 heteroatoms. The molecule has 0 radical (unpaired) electrons. The minimum absolute atomic E-state index is 0.0336. The van der Waals surface area contributed by atoms with Gasteiger partial charge < -0.3 is 0 Å². The number of hydrogen-bond donors (Lipinski definition) is 1. The van der Waals surface area contributed by atoms with Crippen molar-refractivity contribution in [3.8, 4) is 0 Å². The van der Waals surface area contributed by atoms with E-state index in [0.717, 1.165) is 19.3 Å². The van der Waals surface area contributed by atoms with E-state index in [2.05, 4.69) is 0 Å². The molecule has 58 valence electrons. The number of carboxylic acid groups (broad SMARTS) is 1. The van der Waals surface area contributed by atoms with E-state index in [9.17, 15) is 4.79 Å². The summed E-state index contributed by atoms with van der Waals surface area (Å²) in [6, 6.07) is 0. The molecule has 1 aliphatic rings. The number of aliphatic carboxylic acids is 1. The van der Waals surface area contributed by atoms with Gasteiger partial charge in [-0.05, 0) is 0 Å². The second-order valence-corrected chi connectivity index (χ2v) is 4.69. The van der Waals surface area contributed by atoms with Crippen LogP contribution in [0.5, 0.6) is 0 Å². The summed E-state index contributed by atoms with van der Waals surface area (Å²) in [5.74, 6) is -0.622. The first-order chi connectivity index (χ1) is 4.72. The molecule has 0 aromatic heterocycles. The maximum absolute atomic E-state index is 10.6. The number of carboxylic acids is 1. The molecule has 3 atom stereocenters. The van der Waals surface area contributed by atoms with Gasteiger partial charge in [-0.25, -0.2) is 0 Å². The van der Waals surface area contributed by atoms with Gasteiger partial charge in [0.25, 0.3) is 0 Å². The van der Waals surface area contributed by atoms with Crippen molar-refractivity contribution in [2.45, 2.75) is 30.4 Å². The Morgan fingerprint density at radius 1 is 1.40 bits per heavy atom. The van der Waals surface area contributed by atoms with Crippen LogP contribution in [0.4, 0.5) is 0 Å². The topological polar surface area (TPSA) is 37.3 Å². The van der Waals surface area contributed by atoms with Crippen molar-refractivity contribution in [2.75, 3.05) is 0 Å². The van der Waals surface area contributed by atoms with Crippen molar-refractivity contribution in [3.05, 3.63) is 0 Å². The Hall–Kier alpha value is 0.0284. The summed E-state index contributed by atoms with van der Waals surface area (Å²) in [5, 5.41) is 8.72. The van der Waals surface area contributed by atoms with Crippen LogP contribution in [0.25, 0.3) is 0 Å². The fourth-order valence-corrected chi connectivity index (χ4v) is 2.71. The quantitative estimate of drug-likeness (QED) is 0.638. The summed E-state index contributed by atoms with van der Waals surface area (Å²) in [6.07, 6.45) is 4.36. The van der Waals surface area contributed by atoms with Gasteiger partial charge >= 0.3 is 69.0 Å². The first kappa shape index (κ1) is 8.13. The Balaban J connectivity index is 2.47. The summed E-state index contributed by atoms with van der Waals surface area (Å²) < 4.78 is 0.457. The van der Waals surface area contributed by atoms with E-state index < -0.39 is 5.97 Å². The summed E-state index contributed by atoms with van der Waals surface area (Å²) in [6.45, 7) is 0. The molecule has 0 bridgehead atoms. The van der Waals surface area contributed by atoms with Gasteiger partial charge in [0, 0.05) is 0 Å². The Morgan fingerprint density at radius 3 is 2.40 bits per heavy atom. The molecule has 1 N–H and O–H groups in total. The van der Waals surface area contributed by atoms with E-state index >= 15 is 0 Å². The van der Waals surface area contributed by atoms with Crippen LogP contribution in [-0.4, -0.2) is 27.9 Å². The summed E-state index contributed by atoms with van der Waals surface area (Å²) in [5.41, 5.74) is 0. The van der Waals surface area contributed by atoms with E-state index in [1.807, 2.05) is 0 Å². The fourth-order valence-electron chi connectivity index (χ4n) is 1.47. The molecule has 0 heterocycles. The Bertz CT molecular complexity index is 136. The molecule has 2 nitrogen and oxygen atoms in total. The molecule has 0 saturated heterocycles. The molecular formula is C7H13AsO2. The molecule has 1 rings (SSSR count). The van der Waals surface area contributed by atoms with Crippen molar-refractivity contribution < 1.29 is 9.90 Å². The van der Waals surface area contributed by atoms with Gasteiger partial charge in [-0.1, -0.05) is 0 Å². The van der Waals surface area contributed by atoms with Gasteiger partial charge in [-0.2, -0.15) is 0 Å². The zero-order chi connectivity index (χ0) is 7.56. The predicted molar refractivity (Wildman–Crippen MR) is 41.9 cm³/mol.